The van der Waals surface area contributed by atoms with E-state index in [-0.39, 0.29) is 25.2 Å². The van der Waals surface area contributed by atoms with Gasteiger partial charge in [0, 0.05) is 42.6 Å². The van der Waals surface area contributed by atoms with Crippen LogP contribution in [0.1, 0.15) is 46.7 Å². The van der Waals surface area contributed by atoms with Crippen molar-refractivity contribution in [3.63, 3.8) is 0 Å². The Morgan fingerprint density at radius 2 is 2.14 bits per heavy atom. The molecule has 0 saturated carbocycles. The van der Waals surface area contributed by atoms with Crippen molar-refractivity contribution < 1.29 is 27.5 Å². The summed E-state index contributed by atoms with van der Waals surface area (Å²) in [5.74, 6) is -2.13. The molecule has 1 fully saturated rings. The first-order valence-corrected chi connectivity index (χ1v) is 10.1. The van der Waals surface area contributed by atoms with Gasteiger partial charge in [0.25, 0.3) is 0 Å². The van der Waals surface area contributed by atoms with E-state index in [4.69, 9.17) is 16.3 Å². The number of Topliss-reactive ketones (excluding diaryl/α,β-unsaturated/α-hetero) is 1. The zero-order chi connectivity index (χ0) is 21.1. The van der Waals surface area contributed by atoms with Gasteiger partial charge in [0.2, 0.25) is 0 Å². The van der Waals surface area contributed by atoms with Crippen molar-refractivity contribution in [1.82, 2.24) is 14.5 Å². The Bertz CT molecular complexity index is 989. The number of aryl methyl sites for hydroxylation is 1. The lowest BCUT2D eigenvalue weighted by atomic mass is 9.77. The van der Waals surface area contributed by atoms with Gasteiger partial charge in [-0.25, -0.2) is 4.98 Å². The quantitative estimate of drug-likeness (QED) is 0.666. The lowest BCUT2D eigenvalue weighted by molar-refractivity contribution is -0.200. The van der Waals surface area contributed by atoms with Gasteiger partial charge in [-0.3, -0.25) is 9.59 Å². The molecule has 0 bridgehead atoms. The van der Waals surface area contributed by atoms with Crippen LogP contribution in [0.25, 0.3) is 0 Å². The number of fused-ring (bicyclic) bond motifs is 2. The van der Waals surface area contributed by atoms with E-state index in [1.165, 1.54) is 17.7 Å². The Balaban J connectivity index is 1.82. The molecular formula is C18H17ClF3N3O3S. The smallest absolute Gasteiger partial charge is 0.361 e. The number of hydrogen-bond donors (Lipinski definition) is 0. The highest BCUT2D eigenvalue weighted by Gasteiger charge is 2.55. The largest absolute Gasteiger partial charge is 0.471 e. The summed E-state index contributed by atoms with van der Waals surface area (Å²) in [6.07, 6.45) is -1.78. The zero-order valence-electron chi connectivity index (χ0n) is 15.5. The van der Waals surface area contributed by atoms with Gasteiger partial charge in [-0.05, 0) is 13.0 Å². The number of alkyl halides is 3. The lowest BCUT2D eigenvalue weighted by Gasteiger charge is -2.50. The molecule has 2 aromatic heterocycles. The molecule has 1 amide bonds. The van der Waals surface area contributed by atoms with Crippen molar-refractivity contribution >= 4 is 34.6 Å². The second kappa shape index (κ2) is 6.82. The Kier molecular flexibility index (Phi) is 4.79. The standard InChI is InChI=1S/C18H17ClF3N3O3S/c1-9-4-17(15-10(3-14(19)29-15)13(26)7-28-17)5-12(11-6-24(2)8-23-11)25(9)16(27)18(20,21)22/h3,6,8-9,12H,4-5,7H2,1-2H3. The van der Waals surface area contributed by atoms with E-state index in [1.807, 2.05) is 0 Å². The molecule has 0 N–H and O–H groups in total. The van der Waals surface area contributed by atoms with Crippen molar-refractivity contribution in [3.8, 4) is 0 Å². The number of imidazole rings is 1. The van der Waals surface area contributed by atoms with E-state index in [9.17, 15) is 22.8 Å². The van der Waals surface area contributed by atoms with Crippen LogP contribution in [0.2, 0.25) is 4.34 Å². The van der Waals surface area contributed by atoms with Crippen LogP contribution < -0.4 is 0 Å². The minimum Gasteiger partial charge on any atom is -0.361 e. The maximum absolute atomic E-state index is 13.3. The maximum atomic E-state index is 13.3. The van der Waals surface area contributed by atoms with E-state index in [1.54, 1.807) is 30.8 Å². The number of carbonyl (C=O) groups is 2. The van der Waals surface area contributed by atoms with Gasteiger partial charge in [-0.15, -0.1) is 11.3 Å². The van der Waals surface area contributed by atoms with Crippen LogP contribution in [0.5, 0.6) is 0 Å². The van der Waals surface area contributed by atoms with Crippen molar-refractivity contribution in [1.29, 1.82) is 0 Å². The summed E-state index contributed by atoms with van der Waals surface area (Å²) >= 11 is 7.32. The van der Waals surface area contributed by atoms with Crippen molar-refractivity contribution in [2.45, 2.75) is 43.6 Å². The lowest BCUT2D eigenvalue weighted by Crippen LogP contribution is -2.56. The molecule has 2 aliphatic rings. The fraction of sp³-hybridized carbons (Fsp3) is 0.500. The minimum atomic E-state index is -5.01. The molecule has 1 spiro atoms. The number of halogens is 4. The number of nitrogens with zero attached hydrogens (tertiary/aromatic N) is 3. The fourth-order valence-corrected chi connectivity index (χ4v) is 5.68. The zero-order valence-corrected chi connectivity index (χ0v) is 17.1. The fourth-order valence-electron chi connectivity index (χ4n) is 4.27. The average Bonchev–Trinajstić information content (AvgIpc) is 3.23. The highest BCUT2D eigenvalue weighted by Crippen LogP contribution is 2.53. The summed E-state index contributed by atoms with van der Waals surface area (Å²) in [5.41, 5.74) is -0.236. The van der Waals surface area contributed by atoms with E-state index in [2.05, 4.69) is 4.98 Å². The molecule has 0 radical (unpaired) electrons. The van der Waals surface area contributed by atoms with Crippen molar-refractivity contribution in [3.05, 3.63) is 39.1 Å². The number of aromatic nitrogens is 2. The highest BCUT2D eigenvalue weighted by molar-refractivity contribution is 7.16. The Morgan fingerprint density at radius 1 is 1.41 bits per heavy atom. The number of carbonyl (C=O) groups excluding carboxylic acids is 2. The van der Waals surface area contributed by atoms with Gasteiger partial charge in [0.15, 0.2) is 5.78 Å². The van der Waals surface area contributed by atoms with Gasteiger partial charge in [-0.2, -0.15) is 13.2 Å². The molecular weight excluding hydrogens is 431 g/mol. The van der Waals surface area contributed by atoms with E-state index >= 15 is 0 Å². The number of ketones is 1. The molecule has 0 aliphatic carbocycles. The summed E-state index contributed by atoms with van der Waals surface area (Å²) in [5, 5.41) is 0. The number of hydrogen-bond acceptors (Lipinski definition) is 5. The third kappa shape index (κ3) is 3.36. The summed E-state index contributed by atoms with van der Waals surface area (Å²) < 4.78 is 47.9. The van der Waals surface area contributed by atoms with Crippen molar-refractivity contribution in [2.75, 3.05) is 6.61 Å². The van der Waals surface area contributed by atoms with Crippen LogP contribution >= 0.6 is 22.9 Å². The first-order chi connectivity index (χ1) is 13.5. The number of likely N-dealkylation sites (tertiary alicyclic amines) is 1. The van der Waals surface area contributed by atoms with Crippen LogP contribution in [0.4, 0.5) is 13.2 Å². The molecule has 4 heterocycles. The molecule has 11 heteroatoms. The Hall–Kier alpha value is -1.91. The number of thiophene rings is 1. The summed E-state index contributed by atoms with van der Waals surface area (Å²) in [4.78, 5) is 30.1. The highest BCUT2D eigenvalue weighted by atomic mass is 35.5. The Morgan fingerprint density at radius 3 is 2.76 bits per heavy atom. The third-order valence-electron chi connectivity index (χ3n) is 5.40. The average molecular weight is 448 g/mol. The topological polar surface area (TPSA) is 64.4 Å². The molecule has 4 rings (SSSR count). The van der Waals surface area contributed by atoms with Gasteiger partial charge >= 0.3 is 12.1 Å². The molecule has 2 aromatic rings. The minimum absolute atomic E-state index is 0.0489. The predicted octanol–water partition coefficient (Wildman–Crippen LogP) is 3.86. The molecule has 3 atom stereocenters. The van der Waals surface area contributed by atoms with Gasteiger partial charge < -0.3 is 14.2 Å². The molecule has 2 aliphatic heterocycles. The van der Waals surface area contributed by atoms with Crippen LogP contribution in [0.3, 0.4) is 0 Å². The van der Waals surface area contributed by atoms with Gasteiger partial charge in [0.1, 0.15) is 12.2 Å². The molecule has 29 heavy (non-hydrogen) atoms. The second-order valence-electron chi connectivity index (χ2n) is 7.45. The van der Waals surface area contributed by atoms with Crippen LogP contribution in [-0.2, 0) is 22.2 Å². The van der Waals surface area contributed by atoms with Crippen LogP contribution in [0, 0.1) is 0 Å². The van der Waals surface area contributed by atoms with E-state index < -0.39 is 29.8 Å². The second-order valence-corrected chi connectivity index (χ2v) is 9.13. The summed E-state index contributed by atoms with van der Waals surface area (Å²) in [6.45, 7) is 1.37. The number of amides is 1. The number of piperidine rings is 1. The molecule has 0 aromatic carbocycles. The molecule has 1 saturated heterocycles. The SMILES string of the molecule is CC1CC2(CC(c3cn(C)cn3)N1C(=O)C(F)(F)F)OCC(=O)c1cc(Cl)sc12. The van der Waals surface area contributed by atoms with Gasteiger partial charge in [0.05, 0.1) is 22.4 Å². The van der Waals surface area contributed by atoms with Gasteiger partial charge in [-0.1, -0.05) is 11.6 Å². The van der Waals surface area contributed by atoms with Crippen LogP contribution in [0.15, 0.2) is 18.6 Å². The summed E-state index contributed by atoms with van der Waals surface area (Å²) in [7, 11) is 1.70. The monoisotopic (exact) mass is 447 g/mol. The van der Waals surface area contributed by atoms with Crippen LogP contribution in [-0.4, -0.2) is 45.0 Å². The van der Waals surface area contributed by atoms with Crippen molar-refractivity contribution in [2.24, 2.45) is 7.05 Å². The Labute approximate surface area is 173 Å². The van der Waals surface area contributed by atoms with E-state index in [0.29, 0.717) is 20.5 Å². The maximum Gasteiger partial charge on any atom is 0.471 e. The molecule has 3 unspecified atom stereocenters. The molecule has 156 valence electrons. The third-order valence-corrected chi connectivity index (χ3v) is 6.85. The predicted molar refractivity (Wildman–Crippen MR) is 98.8 cm³/mol. The number of ether oxygens (including phenoxy) is 1. The number of rotatable bonds is 1. The first-order valence-electron chi connectivity index (χ1n) is 8.86. The first kappa shape index (κ1) is 20.4. The molecule has 6 nitrogen and oxygen atoms in total. The normalized spacial score (nSPS) is 27.4. The summed E-state index contributed by atoms with van der Waals surface area (Å²) in [6, 6.07) is -0.190. The van der Waals surface area contributed by atoms with E-state index in [0.717, 1.165) is 4.90 Å².